The summed E-state index contributed by atoms with van der Waals surface area (Å²) in [6, 6.07) is 9.10. The quantitative estimate of drug-likeness (QED) is 0.445. The average molecular weight is 187 g/mol. The first-order chi connectivity index (χ1) is 5.66. The summed E-state index contributed by atoms with van der Waals surface area (Å²) < 4.78 is 0. The second kappa shape index (κ2) is 6.88. The van der Waals surface area contributed by atoms with Crippen molar-refractivity contribution < 1.29 is 14.6 Å². The van der Waals surface area contributed by atoms with Crippen LogP contribution in [-0.4, -0.2) is 16.1 Å². The van der Waals surface area contributed by atoms with Crippen LogP contribution in [0.5, 0.6) is 0 Å². The monoisotopic (exact) mass is 187 g/mol. The second-order valence-corrected chi connectivity index (χ2v) is 2.49. The van der Waals surface area contributed by atoms with E-state index in [1.807, 2.05) is 18.2 Å². The first-order valence-electron chi connectivity index (χ1n) is 3.09. The Hall–Kier alpha value is -0.800. The maximum absolute atomic E-state index is 10.0. The Kier molecular flexibility index (Phi) is 6.42. The van der Waals surface area contributed by atoms with Crippen LogP contribution in [0, 0.1) is 0 Å². The molecule has 0 unspecified atom stereocenters. The molecular formula is C7H10NO3P. The summed E-state index contributed by atoms with van der Waals surface area (Å²) in [5.74, 6) is 0. The van der Waals surface area contributed by atoms with Gasteiger partial charge in [-0.1, -0.05) is 30.3 Å². The number of aldehydes is 1. The largest absolute Gasteiger partial charge is 0.338 e. The molecule has 0 fully saturated rings. The number of hydrogen-bond acceptors (Lipinski definition) is 4. The molecule has 0 saturated heterocycles. The molecule has 0 bridgehead atoms. The molecule has 1 rings (SSSR count). The maximum atomic E-state index is 10.0. The average Bonchev–Trinajstić information content (AvgIpc) is 2.05. The van der Waals surface area contributed by atoms with E-state index in [4.69, 9.17) is 9.79 Å². The normalized spacial score (nSPS) is 8.67. The van der Waals surface area contributed by atoms with Crippen LogP contribution < -0.4 is 5.50 Å². The fourth-order valence-corrected chi connectivity index (χ4v) is 0.532. The number of carbonyl (C=O) groups excluding carboxylic acids is 1. The van der Waals surface area contributed by atoms with Gasteiger partial charge in [0.15, 0.2) is 0 Å². The van der Waals surface area contributed by atoms with Gasteiger partial charge in [0.2, 0.25) is 8.53 Å². The van der Waals surface area contributed by atoms with Gasteiger partial charge in [-0.05, 0) is 0 Å². The van der Waals surface area contributed by atoms with E-state index in [-0.39, 0.29) is 0 Å². The lowest BCUT2D eigenvalue weighted by molar-refractivity contribution is 0.112. The Morgan fingerprint density at radius 2 is 1.67 bits per heavy atom. The summed E-state index contributed by atoms with van der Waals surface area (Å²) >= 11 is 0. The molecule has 0 heterocycles. The lowest BCUT2D eigenvalue weighted by atomic mass is 10.2. The number of nitrogens with two attached hydrogens (primary N) is 1. The predicted octanol–water partition coefficient (Wildman–Crippen LogP) is 0.656. The van der Waals surface area contributed by atoms with Gasteiger partial charge in [-0.3, -0.25) is 10.3 Å². The molecule has 4 N–H and O–H groups in total. The highest BCUT2D eigenvalue weighted by Crippen LogP contribution is 2.05. The van der Waals surface area contributed by atoms with E-state index < -0.39 is 8.53 Å². The van der Waals surface area contributed by atoms with E-state index in [1.165, 1.54) is 0 Å². The lowest BCUT2D eigenvalue weighted by Crippen LogP contribution is -1.78. The molecule has 0 spiro atoms. The molecule has 0 aromatic heterocycles. The molecule has 0 aliphatic heterocycles. The van der Waals surface area contributed by atoms with Crippen LogP contribution >= 0.6 is 8.53 Å². The van der Waals surface area contributed by atoms with Crippen molar-refractivity contribution in [2.24, 2.45) is 5.50 Å². The predicted molar refractivity (Wildman–Crippen MR) is 47.4 cm³/mol. The Morgan fingerprint density at radius 3 is 1.92 bits per heavy atom. The summed E-state index contributed by atoms with van der Waals surface area (Å²) in [5, 5.41) is 0. The summed E-state index contributed by atoms with van der Waals surface area (Å²) in [7, 11) is -2.12. The molecule has 12 heavy (non-hydrogen) atoms. The number of hydrogen-bond donors (Lipinski definition) is 3. The van der Waals surface area contributed by atoms with Crippen LogP contribution in [0.1, 0.15) is 10.4 Å². The van der Waals surface area contributed by atoms with Crippen molar-refractivity contribution in [3.63, 3.8) is 0 Å². The molecule has 1 aromatic rings. The summed E-state index contributed by atoms with van der Waals surface area (Å²) in [4.78, 5) is 24.9. The van der Waals surface area contributed by atoms with E-state index in [0.29, 0.717) is 0 Å². The standard InChI is InChI=1S/C7H6O.H4NO2P/c8-6-7-4-2-1-3-5-7;1-4(2)3/h1-6H;2-3H,1H2. The first kappa shape index (κ1) is 11.2. The number of carbonyl (C=O) groups is 1. The van der Waals surface area contributed by atoms with Gasteiger partial charge in [-0.25, -0.2) is 0 Å². The highest BCUT2D eigenvalue weighted by Gasteiger charge is 1.80. The summed E-state index contributed by atoms with van der Waals surface area (Å²) in [5.41, 5.74) is 5.02. The fraction of sp³-hybridized carbons (Fsp3) is 0. The zero-order chi connectivity index (χ0) is 9.40. The topological polar surface area (TPSA) is 83.6 Å². The van der Waals surface area contributed by atoms with Gasteiger partial charge in [-0.2, -0.15) is 0 Å². The van der Waals surface area contributed by atoms with E-state index in [0.717, 1.165) is 11.8 Å². The smallest absolute Gasteiger partial charge is 0.247 e. The number of rotatable bonds is 1. The maximum Gasteiger partial charge on any atom is 0.247 e. The molecule has 5 heteroatoms. The zero-order valence-corrected chi connectivity index (χ0v) is 7.19. The molecular weight excluding hydrogens is 177 g/mol. The minimum Gasteiger partial charge on any atom is -0.338 e. The molecule has 66 valence electrons. The van der Waals surface area contributed by atoms with Crippen molar-refractivity contribution in [3.8, 4) is 0 Å². The van der Waals surface area contributed by atoms with E-state index in [1.54, 1.807) is 12.1 Å². The minimum atomic E-state index is -2.12. The van der Waals surface area contributed by atoms with Crippen molar-refractivity contribution in [3.05, 3.63) is 35.9 Å². The van der Waals surface area contributed by atoms with Crippen LogP contribution in [0.3, 0.4) is 0 Å². The number of benzene rings is 1. The molecule has 0 amide bonds. The molecule has 1 aromatic carbocycles. The third-order valence-electron chi connectivity index (χ3n) is 0.936. The van der Waals surface area contributed by atoms with E-state index in [9.17, 15) is 4.79 Å². The van der Waals surface area contributed by atoms with Crippen molar-refractivity contribution in [1.82, 2.24) is 0 Å². The molecule has 0 atom stereocenters. The van der Waals surface area contributed by atoms with Crippen LogP contribution in [0.2, 0.25) is 0 Å². The van der Waals surface area contributed by atoms with Gasteiger partial charge >= 0.3 is 0 Å². The van der Waals surface area contributed by atoms with Crippen molar-refractivity contribution in [1.29, 1.82) is 0 Å². The Morgan fingerprint density at radius 1 is 1.25 bits per heavy atom. The Bertz CT molecular complexity index is 212. The molecule has 0 radical (unpaired) electrons. The molecule has 0 aliphatic rings. The fourth-order valence-electron chi connectivity index (χ4n) is 0.532. The highest BCUT2D eigenvalue weighted by atomic mass is 31.2. The summed E-state index contributed by atoms with van der Waals surface area (Å²) in [6.07, 6.45) is 0.833. The van der Waals surface area contributed by atoms with Crippen molar-refractivity contribution in [2.45, 2.75) is 0 Å². The zero-order valence-electron chi connectivity index (χ0n) is 6.29. The van der Waals surface area contributed by atoms with E-state index >= 15 is 0 Å². The SMILES string of the molecule is NP(O)O.O=Cc1ccccc1. The van der Waals surface area contributed by atoms with Crippen molar-refractivity contribution >= 4 is 14.8 Å². The lowest BCUT2D eigenvalue weighted by Gasteiger charge is -1.81. The van der Waals surface area contributed by atoms with Crippen LogP contribution in [-0.2, 0) is 0 Å². The van der Waals surface area contributed by atoms with Gasteiger partial charge in [-0.15, -0.1) is 0 Å². The Balaban J connectivity index is 0.000000261. The third-order valence-corrected chi connectivity index (χ3v) is 0.936. The second-order valence-electron chi connectivity index (χ2n) is 1.85. The van der Waals surface area contributed by atoms with Gasteiger partial charge < -0.3 is 9.79 Å². The van der Waals surface area contributed by atoms with Crippen LogP contribution in [0.15, 0.2) is 30.3 Å². The van der Waals surface area contributed by atoms with Crippen molar-refractivity contribution in [2.75, 3.05) is 0 Å². The van der Waals surface area contributed by atoms with Gasteiger partial charge in [0.1, 0.15) is 6.29 Å². The minimum absolute atomic E-state index is 0.729. The van der Waals surface area contributed by atoms with Gasteiger partial charge in [0.05, 0.1) is 0 Å². The van der Waals surface area contributed by atoms with Crippen LogP contribution in [0.25, 0.3) is 0 Å². The Labute approximate surface area is 71.6 Å². The van der Waals surface area contributed by atoms with Gasteiger partial charge in [0.25, 0.3) is 0 Å². The van der Waals surface area contributed by atoms with E-state index in [2.05, 4.69) is 5.50 Å². The first-order valence-corrected chi connectivity index (χ1v) is 4.41. The highest BCUT2D eigenvalue weighted by molar-refractivity contribution is 7.42. The molecule has 4 nitrogen and oxygen atoms in total. The summed E-state index contributed by atoms with van der Waals surface area (Å²) in [6.45, 7) is 0. The molecule has 0 aliphatic carbocycles. The van der Waals surface area contributed by atoms with Gasteiger partial charge in [0, 0.05) is 5.56 Å². The third kappa shape index (κ3) is 7.31. The molecule has 0 saturated carbocycles. The van der Waals surface area contributed by atoms with Crippen LogP contribution in [0.4, 0.5) is 0 Å².